The molecule has 0 saturated heterocycles. The lowest BCUT2D eigenvalue weighted by molar-refractivity contribution is 0.196. The van der Waals surface area contributed by atoms with Crippen molar-refractivity contribution in [3.05, 3.63) is 0 Å². The van der Waals surface area contributed by atoms with Crippen LogP contribution in [0.4, 0.5) is 0 Å². The number of nitrogens with zero attached hydrogens (tertiary/aromatic N) is 1. The molecule has 2 unspecified atom stereocenters. The van der Waals surface area contributed by atoms with Gasteiger partial charge in [-0.25, -0.2) is 0 Å². The largest absolute Gasteiger partial charge is 0.409 e. The Kier molecular flexibility index (Phi) is 3.97. The van der Waals surface area contributed by atoms with Crippen molar-refractivity contribution < 1.29 is 5.21 Å². The number of hydrogen-bond donors (Lipinski definition) is 3. The van der Waals surface area contributed by atoms with E-state index in [-0.39, 0.29) is 11.9 Å². The molecule has 2 atom stereocenters. The fourth-order valence-electron chi connectivity index (χ4n) is 2.37. The van der Waals surface area contributed by atoms with Gasteiger partial charge in [0.2, 0.25) is 0 Å². The molecule has 1 aliphatic rings. The molecular formula is C11H23N3O. The Morgan fingerprint density at radius 3 is 2.80 bits per heavy atom. The molecule has 0 spiro atoms. The summed E-state index contributed by atoms with van der Waals surface area (Å²) in [5.41, 5.74) is 5.96. The minimum atomic E-state index is -0.0473. The summed E-state index contributed by atoms with van der Waals surface area (Å²) in [6.07, 6.45) is 4.90. The van der Waals surface area contributed by atoms with E-state index >= 15 is 0 Å². The summed E-state index contributed by atoms with van der Waals surface area (Å²) in [5.74, 6) is 0.262. The zero-order chi connectivity index (χ0) is 11.5. The molecule has 88 valence electrons. The highest BCUT2D eigenvalue weighted by atomic mass is 16.4. The Morgan fingerprint density at radius 2 is 2.27 bits per heavy atom. The third kappa shape index (κ3) is 3.70. The SMILES string of the molecule is CC(NC1CCCC(C)(C)C1)C(N)=NO. The standard InChI is InChI=1S/C11H23N3O/c1-8(10(12)14-15)13-9-5-4-6-11(2,3)7-9/h8-9,13,15H,4-7H2,1-3H3,(H2,12,14). The Bertz CT molecular complexity index is 238. The molecule has 0 aromatic heterocycles. The van der Waals surface area contributed by atoms with Crippen LogP contribution in [0, 0.1) is 5.41 Å². The van der Waals surface area contributed by atoms with Gasteiger partial charge >= 0.3 is 0 Å². The maximum absolute atomic E-state index is 8.56. The highest BCUT2D eigenvalue weighted by Crippen LogP contribution is 2.35. The lowest BCUT2D eigenvalue weighted by Gasteiger charge is -2.36. The molecule has 4 nitrogen and oxygen atoms in total. The molecule has 0 aromatic rings. The van der Waals surface area contributed by atoms with Gasteiger partial charge in [0.1, 0.15) is 0 Å². The molecule has 1 saturated carbocycles. The number of amidine groups is 1. The summed E-state index contributed by atoms with van der Waals surface area (Å²) in [6.45, 7) is 6.53. The predicted molar refractivity (Wildman–Crippen MR) is 62.0 cm³/mol. The molecule has 4 heteroatoms. The van der Waals surface area contributed by atoms with Gasteiger partial charge < -0.3 is 16.3 Å². The summed E-state index contributed by atoms with van der Waals surface area (Å²) in [7, 11) is 0. The highest BCUT2D eigenvalue weighted by molar-refractivity contribution is 5.84. The molecule has 15 heavy (non-hydrogen) atoms. The van der Waals surface area contributed by atoms with E-state index < -0.39 is 0 Å². The molecule has 1 rings (SSSR count). The van der Waals surface area contributed by atoms with Crippen molar-refractivity contribution in [2.75, 3.05) is 0 Å². The minimum Gasteiger partial charge on any atom is -0.409 e. The summed E-state index contributed by atoms with van der Waals surface area (Å²) in [4.78, 5) is 0. The van der Waals surface area contributed by atoms with E-state index in [9.17, 15) is 0 Å². The minimum absolute atomic E-state index is 0.0473. The first kappa shape index (κ1) is 12.3. The second kappa shape index (κ2) is 4.84. The zero-order valence-corrected chi connectivity index (χ0v) is 9.95. The van der Waals surface area contributed by atoms with E-state index in [1.54, 1.807) is 0 Å². The lowest BCUT2D eigenvalue weighted by atomic mass is 9.75. The van der Waals surface area contributed by atoms with E-state index in [0.717, 1.165) is 6.42 Å². The van der Waals surface area contributed by atoms with Gasteiger partial charge in [-0.1, -0.05) is 25.4 Å². The van der Waals surface area contributed by atoms with Gasteiger partial charge in [-0.3, -0.25) is 0 Å². The predicted octanol–water partition coefficient (Wildman–Crippen LogP) is 1.68. The van der Waals surface area contributed by atoms with Crippen LogP contribution in [-0.4, -0.2) is 23.1 Å². The van der Waals surface area contributed by atoms with Crippen LogP contribution >= 0.6 is 0 Å². The Balaban J connectivity index is 2.45. The van der Waals surface area contributed by atoms with Gasteiger partial charge in [0.15, 0.2) is 5.84 Å². The highest BCUT2D eigenvalue weighted by Gasteiger charge is 2.28. The van der Waals surface area contributed by atoms with Gasteiger partial charge in [0, 0.05) is 6.04 Å². The fourth-order valence-corrected chi connectivity index (χ4v) is 2.37. The number of rotatable bonds is 3. The van der Waals surface area contributed by atoms with Crippen LogP contribution < -0.4 is 11.1 Å². The lowest BCUT2D eigenvalue weighted by Crippen LogP contribution is -2.47. The van der Waals surface area contributed by atoms with Crippen molar-refractivity contribution in [1.29, 1.82) is 0 Å². The maximum Gasteiger partial charge on any atom is 0.156 e. The molecule has 0 aromatic carbocycles. The van der Waals surface area contributed by atoms with Gasteiger partial charge in [-0.05, 0) is 31.6 Å². The van der Waals surface area contributed by atoms with Crippen LogP contribution in [0.15, 0.2) is 5.16 Å². The monoisotopic (exact) mass is 213 g/mol. The maximum atomic E-state index is 8.56. The summed E-state index contributed by atoms with van der Waals surface area (Å²) in [6, 6.07) is 0.443. The molecular weight excluding hydrogens is 190 g/mol. The number of hydrogen-bond acceptors (Lipinski definition) is 3. The Hall–Kier alpha value is -0.770. The van der Waals surface area contributed by atoms with Crippen LogP contribution in [0.3, 0.4) is 0 Å². The van der Waals surface area contributed by atoms with Crippen LogP contribution in [0.2, 0.25) is 0 Å². The van der Waals surface area contributed by atoms with Gasteiger partial charge in [-0.2, -0.15) is 0 Å². The average Bonchev–Trinajstić information content (AvgIpc) is 2.14. The van der Waals surface area contributed by atoms with E-state index in [2.05, 4.69) is 24.3 Å². The van der Waals surface area contributed by atoms with Gasteiger partial charge in [0.25, 0.3) is 0 Å². The van der Waals surface area contributed by atoms with E-state index in [1.165, 1.54) is 19.3 Å². The first-order chi connectivity index (χ1) is 6.94. The van der Waals surface area contributed by atoms with Gasteiger partial charge in [0.05, 0.1) is 6.04 Å². The summed E-state index contributed by atoms with van der Waals surface area (Å²) < 4.78 is 0. The van der Waals surface area contributed by atoms with Crippen molar-refractivity contribution >= 4 is 5.84 Å². The number of nitrogens with two attached hydrogens (primary N) is 1. The summed E-state index contributed by atoms with van der Waals surface area (Å²) >= 11 is 0. The quantitative estimate of drug-likeness (QED) is 0.289. The fraction of sp³-hybridized carbons (Fsp3) is 0.909. The van der Waals surface area contributed by atoms with E-state index in [4.69, 9.17) is 10.9 Å². The Labute approximate surface area is 91.9 Å². The third-order valence-electron chi connectivity index (χ3n) is 3.25. The van der Waals surface area contributed by atoms with Crippen LogP contribution in [0.5, 0.6) is 0 Å². The van der Waals surface area contributed by atoms with Gasteiger partial charge in [-0.15, -0.1) is 0 Å². The van der Waals surface area contributed by atoms with Crippen LogP contribution in [0.1, 0.15) is 46.5 Å². The molecule has 0 bridgehead atoms. The summed E-state index contributed by atoms with van der Waals surface area (Å²) in [5, 5.41) is 15.0. The molecule has 4 N–H and O–H groups in total. The molecule has 0 amide bonds. The molecule has 0 aliphatic heterocycles. The third-order valence-corrected chi connectivity index (χ3v) is 3.25. The number of oxime groups is 1. The molecule has 0 radical (unpaired) electrons. The number of nitrogens with one attached hydrogen (secondary N) is 1. The smallest absolute Gasteiger partial charge is 0.156 e. The van der Waals surface area contributed by atoms with Crippen molar-refractivity contribution in [1.82, 2.24) is 5.32 Å². The second-order valence-corrected chi connectivity index (χ2v) is 5.37. The van der Waals surface area contributed by atoms with Crippen LogP contribution in [-0.2, 0) is 0 Å². The second-order valence-electron chi connectivity index (χ2n) is 5.37. The van der Waals surface area contributed by atoms with Crippen molar-refractivity contribution in [2.24, 2.45) is 16.3 Å². The van der Waals surface area contributed by atoms with E-state index in [1.807, 2.05) is 6.92 Å². The normalized spacial score (nSPS) is 28.7. The molecule has 1 aliphatic carbocycles. The topological polar surface area (TPSA) is 70.6 Å². The molecule has 0 heterocycles. The van der Waals surface area contributed by atoms with E-state index in [0.29, 0.717) is 11.5 Å². The first-order valence-electron chi connectivity index (χ1n) is 5.68. The average molecular weight is 213 g/mol. The van der Waals surface area contributed by atoms with Crippen molar-refractivity contribution in [3.8, 4) is 0 Å². The Morgan fingerprint density at radius 1 is 1.60 bits per heavy atom. The molecule has 1 fully saturated rings. The first-order valence-corrected chi connectivity index (χ1v) is 5.68. The van der Waals surface area contributed by atoms with Crippen LogP contribution in [0.25, 0.3) is 0 Å². The van der Waals surface area contributed by atoms with Crippen molar-refractivity contribution in [2.45, 2.75) is 58.5 Å². The van der Waals surface area contributed by atoms with Crippen molar-refractivity contribution in [3.63, 3.8) is 0 Å². The zero-order valence-electron chi connectivity index (χ0n) is 9.95.